The summed E-state index contributed by atoms with van der Waals surface area (Å²) in [6.07, 6.45) is 2.51. The third-order valence-electron chi connectivity index (χ3n) is 6.40. The summed E-state index contributed by atoms with van der Waals surface area (Å²) in [7, 11) is 0. The van der Waals surface area contributed by atoms with Crippen molar-refractivity contribution in [1.82, 2.24) is 10.2 Å². The molecule has 0 radical (unpaired) electrons. The van der Waals surface area contributed by atoms with Crippen LogP contribution in [0.15, 0.2) is 48.5 Å². The van der Waals surface area contributed by atoms with E-state index in [1.165, 1.54) is 12.1 Å². The van der Waals surface area contributed by atoms with Crippen LogP contribution in [-0.4, -0.2) is 35.1 Å². The number of nitrogens with one attached hydrogen (secondary N) is 1. The summed E-state index contributed by atoms with van der Waals surface area (Å²) in [6.45, 7) is 8.04. The average Bonchev–Trinajstić information content (AvgIpc) is 3.50. The number of fused-ring (bicyclic) bond motifs is 1. The Morgan fingerprint density at radius 3 is 2.42 bits per heavy atom. The largest absolute Gasteiger partial charge is 0.444 e. The Hall–Kier alpha value is -2.89. The first kappa shape index (κ1) is 23.3. The van der Waals surface area contributed by atoms with Crippen LogP contribution in [0.5, 0.6) is 0 Å². The minimum absolute atomic E-state index is 0.139. The van der Waals surface area contributed by atoms with Gasteiger partial charge < -0.3 is 10.1 Å². The standard InChI is InChI=1S/C27H33FN2O3/c1-17(19-11-13-21(28)14-12-19)25(31)29-23-15-20-7-5-6-8-22(20)24(23)30(16-18-9-10-18)26(32)33-27(2,3)4/h5-8,11-14,17-18,23-24H,9-10,15-16H2,1-4H3,(H,29,31)/t17-,23-,24-/m0/s1. The zero-order valence-electron chi connectivity index (χ0n) is 19.8. The van der Waals surface area contributed by atoms with E-state index in [2.05, 4.69) is 11.4 Å². The van der Waals surface area contributed by atoms with E-state index in [0.717, 1.165) is 29.5 Å². The number of carbonyl (C=O) groups is 2. The fourth-order valence-electron chi connectivity index (χ4n) is 4.50. The fraction of sp³-hybridized carbons (Fsp3) is 0.481. The van der Waals surface area contributed by atoms with Crippen molar-refractivity contribution < 1.29 is 18.7 Å². The third kappa shape index (κ3) is 5.55. The molecule has 0 saturated heterocycles. The van der Waals surface area contributed by atoms with Gasteiger partial charge in [0.15, 0.2) is 0 Å². The van der Waals surface area contributed by atoms with Crippen molar-refractivity contribution in [3.8, 4) is 0 Å². The zero-order chi connectivity index (χ0) is 23.8. The van der Waals surface area contributed by atoms with Crippen LogP contribution in [-0.2, 0) is 16.0 Å². The molecule has 0 spiro atoms. The quantitative estimate of drug-likeness (QED) is 0.642. The highest BCUT2D eigenvalue weighted by atomic mass is 19.1. The van der Waals surface area contributed by atoms with Crippen LogP contribution in [0.4, 0.5) is 9.18 Å². The number of ether oxygens (including phenoxy) is 1. The van der Waals surface area contributed by atoms with E-state index in [9.17, 15) is 14.0 Å². The van der Waals surface area contributed by atoms with Crippen molar-refractivity contribution in [2.75, 3.05) is 6.54 Å². The molecule has 1 N–H and O–H groups in total. The number of carbonyl (C=O) groups excluding carboxylic acids is 2. The molecule has 1 saturated carbocycles. The van der Waals surface area contributed by atoms with Crippen molar-refractivity contribution in [1.29, 1.82) is 0 Å². The van der Waals surface area contributed by atoms with Gasteiger partial charge in [-0.15, -0.1) is 0 Å². The Labute approximate surface area is 195 Å². The van der Waals surface area contributed by atoms with Crippen LogP contribution in [0.2, 0.25) is 0 Å². The van der Waals surface area contributed by atoms with E-state index in [1.54, 1.807) is 12.1 Å². The Bertz CT molecular complexity index is 1010. The van der Waals surface area contributed by atoms with Gasteiger partial charge in [-0.1, -0.05) is 36.4 Å². The molecule has 2 aliphatic rings. The summed E-state index contributed by atoms with van der Waals surface area (Å²) in [6, 6.07) is 13.5. The molecular weight excluding hydrogens is 419 g/mol. The zero-order valence-corrected chi connectivity index (χ0v) is 19.8. The smallest absolute Gasteiger partial charge is 0.410 e. The molecule has 2 amide bonds. The van der Waals surface area contributed by atoms with Gasteiger partial charge in [-0.3, -0.25) is 9.69 Å². The van der Waals surface area contributed by atoms with Gasteiger partial charge in [0, 0.05) is 6.54 Å². The fourth-order valence-corrected chi connectivity index (χ4v) is 4.50. The van der Waals surface area contributed by atoms with Gasteiger partial charge in [0.2, 0.25) is 5.91 Å². The van der Waals surface area contributed by atoms with Gasteiger partial charge in [0.25, 0.3) is 0 Å². The van der Waals surface area contributed by atoms with Crippen LogP contribution >= 0.6 is 0 Å². The van der Waals surface area contributed by atoms with Gasteiger partial charge in [-0.25, -0.2) is 9.18 Å². The minimum Gasteiger partial charge on any atom is -0.444 e. The maximum atomic E-state index is 13.3. The second kappa shape index (κ2) is 9.16. The molecule has 2 aromatic rings. The van der Waals surface area contributed by atoms with Crippen LogP contribution in [0.1, 0.15) is 69.2 Å². The number of benzene rings is 2. The van der Waals surface area contributed by atoms with E-state index >= 15 is 0 Å². The van der Waals surface area contributed by atoms with Crippen LogP contribution < -0.4 is 5.32 Å². The predicted octanol–water partition coefficient (Wildman–Crippen LogP) is 5.36. The summed E-state index contributed by atoms with van der Waals surface area (Å²) in [4.78, 5) is 28.3. The van der Waals surface area contributed by atoms with Gasteiger partial charge in [-0.05, 0) is 81.7 Å². The molecule has 2 aromatic carbocycles. The van der Waals surface area contributed by atoms with Gasteiger partial charge in [0.1, 0.15) is 11.4 Å². The number of hydrogen-bond acceptors (Lipinski definition) is 3. The maximum absolute atomic E-state index is 13.3. The minimum atomic E-state index is -0.604. The van der Waals surface area contributed by atoms with Gasteiger partial charge in [-0.2, -0.15) is 0 Å². The van der Waals surface area contributed by atoms with E-state index < -0.39 is 11.5 Å². The highest BCUT2D eigenvalue weighted by Gasteiger charge is 2.43. The topological polar surface area (TPSA) is 58.6 Å². The highest BCUT2D eigenvalue weighted by molar-refractivity contribution is 5.84. The second-order valence-electron chi connectivity index (χ2n) is 10.3. The third-order valence-corrected chi connectivity index (χ3v) is 6.40. The first-order chi connectivity index (χ1) is 15.6. The Kier molecular flexibility index (Phi) is 6.46. The molecule has 0 aromatic heterocycles. The predicted molar refractivity (Wildman–Crippen MR) is 125 cm³/mol. The summed E-state index contributed by atoms with van der Waals surface area (Å²) in [5.74, 6) is -0.432. The molecule has 0 heterocycles. The molecule has 0 aliphatic heterocycles. The molecule has 0 bridgehead atoms. The molecule has 3 atom stereocenters. The van der Waals surface area contributed by atoms with E-state index in [0.29, 0.717) is 18.9 Å². The molecule has 33 heavy (non-hydrogen) atoms. The van der Waals surface area contributed by atoms with Crippen LogP contribution in [0.3, 0.4) is 0 Å². The summed E-state index contributed by atoms with van der Waals surface area (Å²) in [5, 5.41) is 3.20. The Morgan fingerprint density at radius 1 is 1.12 bits per heavy atom. The maximum Gasteiger partial charge on any atom is 0.410 e. The number of hydrogen-bond donors (Lipinski definition) is 1. The van der Waals surface area contributed by atoms with Crippen molar-refractivity contribution >= 4 is 12.0 Å². The number of halogens is 1. The van der Waals surface area contributed by atoms with Crippen molar-refractivity contribution in [3.05, 3.63) is 71.0 Å². The highest BCUT2D eigenvalue weighted by Crippen LogP contribution is 2.40. The molecule has 176 valence electrons. The van der Waals surface area contributed by atoms with Crippen LogP contribution in [0.25, 0.3) is 0 Å². The van der Waals surface area contributed by atoms with Crippen molar-refractivity contribution in [2.24, 2.45) is 5.92 Å². The van der Waals surface area contributed by atoms with E-state index in [1.807, 2.05) is 50.8 Å². The summed E-state index contributed by atoms with van der Waals surface area (Å²) in [5.41, 5.74) is 2.34. The molecule has 6 heteroatoms. The Balaban J connectivity index is 1.60. The molecular formula is C27H33FN2O3. The number of nitrogens with zero attached hydrogens (tertiary/aromatic N) is 1. The monoisotopic (exact) mass is 452 g/mol. The lowest BCUT2D eigenvalue weighted by molar-refractivity contribution is -0.123. The Morgan fingerprint density at radius 2 is 1.79 bits per heavy atom. The van der Waals surface area contributed by atoms with Crippen molar-refractivity contribution in [3.63, 3.8) is 0 Å². The second-order valence-corrected chi connectivity index (χ2v) is 10.3. The molecule has 0 unspecified atom stereocenters. The molecule has 4 rings (SSSR count). The summed E-state index contributed by atoms with van der Waals surface area (Å²) >= 11 is 0. The SMILES string of the molecule is C[C@H](C(=O)N[C@H]1Cc2ccccc2[C@@H]1N(CC1CC1)C(=O)OC(C)(C)C)c1ccc(F)cc1. The van der Waals surface area contributed by atoms with E-state index in [4.69, 9.17) is 4.74 Å². The van der Waals surface area contributed by atoms with Gasteiger partial charge in [0.05, 0.1) is 18.0 Å². The lowest BCUT2D eigenvalue weighted by Gasteiger charge is -2.36. The lowest BCUT2D eigenvalue weighted by atomic mass is 9.99. The lowest BCUT2D eigenvalue weighted by Crippen LogP contribution is -2.49. The number of rotatable bonds is 6. The summed E-state index contributed by atoms with van der Waals surface area (Å²) < 4.78 is 19.1. The average molecular weight is 453 g/mol. The first-order valence-electron chi connectivity index (χ1n) is 11.8. The van der Waals surface area contributed by atoms with Crippen LogP contribution in [0, 0.1) is 11.7 Å². The molecule has 1 fully saturated rings. The first-order valence-corrected chi connectivity index (χ1v) is 11.8. The van der Waals surface area contributed by atoms with Gasteiger partial charge >= 0.3 is 6.09 Å². The molecule has 2 aliphatic carbocycles. The molecule has 5 nitrogen and oxygen atoms in total. The normalized spacial score (nSPS) is 20.6. The van der Waals surface area contributed by atoms with E-state index in [-0.39, 0.29) is 29.9 Å². The number of amides is 2. The van der Waals surface area contributed by atoms with Crippen molar-refractivity contribution in [2.45, 2.75) is 70.6 Å².